The van der Waals surface area contributed by atoms with Crippen LogP contribution in [0.25, 0.3) is 10.9 Å². The molecule has 0 bridgehead atoms. The highest BCUT2D eigenvalue weighted by atomic mass is 35.5. The molecule has 1 aromatic heterocycles. The fourth-order valence-corrected chi connectivity index (χ4v) is 3.06. The molecule has 0 saturated carbocycles. The Morgan fingerprint density at radius 2 is 1.69 bits per heavy atom. The highest BCUT2D eigenvalue weighted by molar-refractivity contribution is 6.31. The van der Waals surface area contributed by atoms with Gasteiger partial charge in [-0.3, -0.25) is 4.79 Å². The van der Waals surface area contributed by atoms with E-state index in [1.807, 2.05) is 13.0 Å². The summed E-state index contributed by atoms with van der Waals surface area (Å²) in [5.74, 6) is 1.11. The molecule has 0 radical (unpaired) electrons. The number of carbonyl (C=O) groups excluding carboxylic acids is 1. The third-order valence-electron chi connectivity index (χ3n) is 4.17. The molecule has 0 aliphatic heterocycles. The predicted octanol–water partition coefficient (Wildman–Crippen LogP) is 4.41. The normalized spacial score (nSPS) is 10.7. The van der Waals surface area contributed by atoms with Gasteiger partial charge in [-0.1, -0.05) is 17.7 Å². The van der Waals surface area contributed by atoms with Gasteiger partial charge in [-0.05, 0) is 24.6 Å². The zero-order chi connectivity index (χ0) is 18.8. The number of ether oxygens (including phenoxy) is 3. The quantitative estimate of drug-likeness (QED) is 0.694. The maximum Gasteiger partial charge on any atom is 0.272 e. The van der Waals surface area contributed by atoms with Gasteiger partial charge in [-0.2, -0.15) is 0 Å². The van der Waals surface area contributed by atoms with Crippen molar-refractivity contribution >= 4 is 34.1 Å². The van der Waals surface area contributed by atoms with Crippen LogP contribution in [0.2, 0.25) is 5.02 Å². The highest BCUT2D eigenvalue weighted by Gasteiger charge is 2.18. The number of methoxy groups -OCH3 is 3. The van der Waals surface area contributed by atoms with Gasteiger partial charge in [0.15, 0.2) is 11.5 Å². The van der Waals surface area contributed by atoms with Crippen LogP contribution in [0.3, 0.4) is 0 Å². The predicted molar refractivity (Wildman–Crippen MR) is 102 cm³/mol. The largest absolute Gasteiger partial charge is 0.493 e. The standard InChI is InChI=1S/C19H19ClN2O4/c1-10-13-6-5-11(20)7-14(13)22-17(10)19(23)21-12-8-15(24-2)18(26-4)16(9-12)25-3/h5-9,22H,1-4H3,(H,21,23). The summed E-state index contributed by atoms with van der Waals surface area (Å²) < 4.78 is 15.9. The molecule has 6 nitrogen and oxygen atoms in total. The third-order valence-corrected chi connectivity index (χ3v) is 4.41. The second kappa shape index (κ2) is 7.17. The zero-order valence-electron chi connectivity index (χ0n) is 14.9. The maximum absolute atomic E-state index is 12.8. The van der Waals surface area contributed by atoms with Crippen LogP contribution < -0.4 is 19.5 Å². The van der Waals surface area contributed by atoms with Crippen molar-refractivity contribution in [2.75, 3.05) is 26.6 Å². The molecule has 0 unspecified atom stereocenters. The Hall–Kier alpha value is -2.86. The van der Waals surface area contributed by atoms with E-state index < -0.39 is 0 Å². The van der Waals surface area contributed by atoms with Gasteiger partial charge in [-0.15, -0.1) is 0 Å². The first-order chi connectivity index (χ1) is 12.5. The van der Waals surface area contributed by atoms with Crippen LogP contribution in [0.4, 0.5) is 5.69 Å². The number of hydrogen-bond acceptors (Lipinski definition) is 4. The fraction of sp³-hybridized carbons (Fsp3) is 0.211. The highest BCUT2D eigenvalue weighted by Crippen LogP contribution is 2.40. The van der Waals surface area contributed by atoms with E-state index in [-0.39, 0.29) is 5.91 Å². The number of aryl methyl sites for hydroxylation is 1. The van der Waals surface area contributed by atoms with E-state index in [0.29, 0.717) is 33.7 Å². The molecule has 0 aliphatic rings. The molecule has 0 aliphatic carbocycles. The summed E-state index contributed by atoms with van der Waals surface area (Å²) >= 11 is 6.02. The van der Waals surface area contributed by atoms with Crippen LogP contribution in [0.5, 0.6) is 17.2 Å². The smallest absolute Gasteiger partial charge is 0.272 e. The van der Waals surface area contributed by atoms with Crippen molar-refractivity contribution in [3.05, 3.63) is 46.6 Å². The molecule has 136 valence electrons. The van der Waals surface area contributed by atoms with Crippen molar-refractivity contribution in [1.82, 2.24) is 4.98 Å². The van der Waals surface area contributed by atoms with Gasteiger partial charge in [0.2, 0.25) is 5.75 Å². The molecule has 3 rings (SSSR count). The maximum atomic E-state index is 12.8. The van der Waals surface area contributed by atoms with E-state index in [1.54, 1.807) is 24.3 Å². The molecule has 7 heteroatoms. The summed E-state index contributed by atoms with van der Waals surface area (Å²) in [4.78, 5) is 15.9. The van der Waals surface area contributed by atoms with Gasteiger partial charge >= 0.3 is 0 Å². The molecule has 3 aromatic rings. The van der Waals surface area contributed by atoms with Crippen molar-refractivity contribution in [3.8, 4) is 17.2 Å². The Bertz CT molecular complexity index is 956. The van der Waals surface area contributed by atoms with Gasteiger partial charge in [0.25, 0.3) is 5.91 Å². The van der Waals surface area contributed by atoms with Crippen molar-refractivity contribution < 1.29 is 19.0 Å². The number of aromatic amines is 1. The van der Waals surface area contributed by atoms with Crippen molar-refractivity contribution in [2.24, 2.45) is 0 Å². The number of amides is 1. The van der Waals surface area contributed by atoms with Gasteiger partial charge in [-0.25, -0.2) is 0 Å². The van der Waals surface area contributed by atoms with Crippen LogP contribution in [0.1, 0.15) is 16.1 Å². The molecule has 2 N–H and O–H groups in total. The number of H-pyrrole nitrogens is 1. The number of carbonyl (C=O) groups is 1. The van der Waals surface area contributed by atoms with E-state index in [0.717, 1.165) is 16.5 Å². The lowest BCUT2D eigenvalue weighted by molar-refractivity contribution is 0.102. The minimum atomic E-state index is -0.274. The summed E-state index contributed by atoms with van der Waals surface area (Å²) in [5, 5.41) is 4.41. The topological polar surface area (TPSA) is 72.6 Å². The van der Waals surface area contributed by atoms with Crippen LogP contribution in [-0.4, -0.2) is 32.2 Å². The van der Waals surface area contributed by atoms with Crippen LogP contribution in [0.15, 0.2) is 30.3 Å². The van der Waals surface area contributed by atoms with Gasteiger partial charge in [0.1, 0.15) is 5.69 Å². The number of benzene rings is 2. The minimum Gasteiger partial charge on any atom is -0.493 e. The lowest BCUT2D eigenvalue weighted by Crippen LogP contribution is -2.14. The van der Waals surface area contributed by atoms with Gasteiger partial charge in [0, 0.05) is 33.7 Å². The number of anilines is 1. The average Bonchev–Trinajstić information content (AvgIpc) is 2.96. The Balaban J connectivity index is 1.96. The number of rotatable bonds is 5. The molecular weight excluding hydrogens is 356 g/mol. The summed E-state index contributed by atoms with van der Waals surface area (Å²) in [5.41, 5.74) is 2.66. The van der Waals surface area contributed by atoms with Crippen LogP contribution in [-0.2, 0) is 0 Å². The first-order valence-corrected chi connectivity index (χ1v) is 8.25. The first kappa shape index (κ1) is 17.9. The summed E-state index contributed by atoms with van der Waals surface area (Å²) in [6, 6.07) is 8.83. The lowest BCUT2D eigenvalue weighted by atomic mass is 10.1. The monoisotopic (exact) mass is 374 g/mol. The zero-order valence-corrected chi connectivity index (χ0v) is 15.7. The van der Waals surface area contributed by atoms with E-state index in [4.69, 9.17) is 25.8 Å². The van der Waals surface area contributed by atoms with Gasteiger partial charge < -0.3 is 24.5 Å². The average molecular weight is 375 g/mol. The lowest BCUT2D eigenvalue weighted by Gasteiger charge is -2.14. The first-order valence-electron chi connectivity index (χ1n) is 7.87. The molecule has 0 saturated heterocycles. The number of aromatic nitrogens is 1. The Kier molecular flexibility index (Phi) is 4.95. The number of halogens is 1. The second-order valence-corrected chi connectivity index (χ2v) is 6.12. The summed E-state index contributed by atoms with van der Waals surface area (Å²) in [6.07, 6.45) is 0. The Labute approximate surface area is 156 Å². The minimum absolute atomic E-state index is 0.274. The van der Waals surface area contributed by atoms with Crippen molar-refractivity contribution in [1.29, 1.82) is 0 Å². The molecule has 1 amide bonds. The molecule has 26 heavy (non-hydrogen) atoms. The SMILES string of the molecule is COc1cc(NC(=O)c2[nH]c3cc(Cl)ccc3c2C)cc(OC)c1OC. The molecule has 0 atom stereocenters. The Morgan fingerprint density at radius 1 is 1.04 bits per heavy atom. The Morgan fingerprint density at radius 3 is 2.27 bits per heavy atom. The third kappa shape index (κ3) is 3.15. The summed E-state index contributed by atoms with van der Waals surface area (Å²) in [7, 11) is 4.57. The van der Waals surface area contributed by atoms with Crippen LogP contribution >= 0.6 is 11.6 Å². The van der Waals surface area contributed by atoms with E-state index in [9.17, 15) is 4.79 Å². The fourth-order valence-electron chi connectivity index (χ4n) is 2.88. The summed E-state index contributed by atoms with van der Waals surface area (Å²) in [6.45, 7) is 1.89. The van der Waals surface area contributed by atoms with Crippen molar-refractivity contribution in [2.45, 2.75) is 6.92 Å². The van der Waals surface area contributed by atoms with E-state index in [1.165, 1.54) is 21.3 Å². The molecular formula is C19H19ClN2O4. The van der Waals surface area contributed by atoms with Crippen molar-refractivity contribution in [3.63, 3.8) is 0 Å². The molecule has 0 fully saturated rings. The molecule has 1 heterocycles. The van der Waals surface area contributed by atoms with E-state index in [2.05, 4.69) is 10.3 Å². The van der Waals surface area contributed by atoms with Crippen LogP contribution in [0, 0.1) is 6.92 Å². The number of fused-ring (bicyclic) bond motifs is 1. The number of nitrogens with one attached hydrogen (secondary N) is 2. The number of hydrogen-bond donors (Lipinski definition) is 2. The van der Waals surface area contributed by atoms with Gasteiger partial charge in [0.05, 0.1) is 21.3 Å². The second-order valence-electron chi connectivity index (χ2n) is 5.68. The molecule has 0 spiro atoms. The van der Waals surface area contributed by atoms with E-state index >= 15 is 0 Å². The molecule has 2 aromatic carbocycles.